The van der Waals surface area contributed by atoms with E-state index in [1.807, 2.05) is 18.2 Å². The molecule has 0 unspecified atom stereocenters. The Bertz CT molecular complexity index is 471. The molecule has 1 aromatic rings. The van der Waals surface area contributed by atoms with E-state index in [-0.39, 0.29) is 11.5 Å². The Morgan fingerprint density at radius 3 is 2.70 bits per heavy atom. The van der Waals surface area contributed by atoms with Crippen molar-refractivity contribution in [3.05, 3.63) is 35.4 Å². The largest absolute Gasteiger partial charge is 0.469 e. The average Bonchev–Trinajstić information content (AvgIpc) is 2.43. The summed E-state index contributed by atoms with van der Waals surface area (Å²) in [6, 6.07) is 8.13. The first kappa shape index (κ1) is 15.0. The first-order chi connectivity index (χ1) is 9.53. The summed E-state index contributed by atoms with van der Waals surface area (Å²) in [4.78, 5) is 14.0. The van der Waals surface area contributed by atoms with Gasteiger partial charge in [0.1, 0.15) is 0 Å². The van der Waals surface area contributed by atoms with Gasteiger partial charge >= 0.3 is 5.97 Å². The Hall–Kier alpha value is -1.39. The van der Waals surface area contributed by atoms with Crippen LogP contribution in [0.5, 0.6) is 0 Å². The minimum absolute atomic E-state index is 0.136. The van der Waals surface area contributed by atoms with E-state index in [9.17, 15) is 4.79 Å². The van der Waals surface area contributed by atoms with Gasteiger partial charge in [0.25, 0.3) is 0 Å². The summed E-state index contributed by atoms with van der Waals surface area (Å²) in [5, 5.41) is 3.43. The highest BCUT2D eigenvalue weighted by Gasteiger charge is 2.29. The lowest BCUT2D eigenvalue weighted by Gasteiger charge is -2.43. The topological polar surface area (TPSA) is 41.6 Å². The third kappa shape index (κ3) is 3.58. The third-order valence-corrected chi connectivity index (χ3v) is 4.01. The minimum atomic E-state index is -0.183. The molecule has 110 valence electrons. The maximum Gasteiger partial charge on any atom is 0.309 e. The monoisotopic (exact) mass is 276 g/mol. The molecular formula is C16H24N2O2. The van der Waals surface area contributed by atoms with Gasteiger partial charge < -0.3 is 10.1 Å². The number of hydrogen-bond donors (Lipinski definition) is 1. The Kier molecular flexibility index (Phi) is 4.78. The SMILES string of the molecule is COC(=O)Cc1ccccc1CN1CCNCC1(C)C. The van der Waals surface area contributed by atoms with Gasteiger partial charge in [-0.15, -0.1) is 0 Å². The second-order valence-electron chi connectivity index (χ2n) is 5.93. The Morgan fingerprint density at radius 1 is 1.35 bits per heavy atom. The van der Waals surface area contributed by atoms with E-state index in [1.165, 1.54) is 12.7 Å². The normalized spacial score (nSPS) is 18.8. The molecule has 1 fully saturated rings. The summed E-state index contributed by atoms with van der Waals surface area (Å²) in [6.45, 7) is 8.42. The van der Waals surface area contributed by atoms with Crippen molar-refractivity contribution in [1.29, 1.82) is 0 Å². The smallest absolute Gasteiger partial charge is 0.309 e. The fourth-order valence-electron chi connectivity index (χ4n) is 2.63. The number of carbonyl (C=O) groups excluding carboxylic acids is 1. The number of esters is 1. The van der Waals surface area contributed by atoms with E-state index in [0.717, 1.165) is 31.7 Å². The van der Waals surface area contributed by atoms with Crippen LogP contribution in [0.4, 0.5) is 0 Å². The van der Waals surface area contributed by atoms with Crippen LogP contribution in [0.15, 0.2) is 24.3 Å². The number of piperazine rings is 1. The van der Waals surface area contributed by atoms with Gasteiger partial charge in [-0.25, -0.2) is 0 Å². The fourth-order valence-corrected chi connectivity index (χ4v) is 2.63. The number of methoxy groups -OCH3 is 1. The van der Waals surface area contributed by atoms with E-state index < -0.39 is 0 Å². The van der Waals surface area contributed by atoms with Crippen molar-refractivity contribution in [1.82, 2.24) is 10.2 Å². The number of benzene rings is 1. The third-order valence-electron chi connectivity index (χ3n) is 4.01. The van der Waals surface area contributed by atoms with Crippen LogP contribution in [-0.4, -0.2) is 43.2 Å². The quantitative estimate of drug-likeness (QED) is 0.848. The first-order valence-corrected chi connectivity index (χ1v) is 7.12. The van der Waals surface area contributed by atoms with Crippen LogP contribution < -0.4 is 5.32 Å². The molecule has 0 spiro atoms. The van der Waals surface area contributed by atoms with Gasteiger partial charge in [0, 0.05) is 31.7 Å². The molecule has 0 aliphatic carbocycles. The Labute approximate surface area is 121 Å². The predicted octanol–water partition coefficient (Wildman–Crippen LogP) is 1.59. The summed E-state index contributed by atoms with van der Waals surface area (Å²) < 4.78 is 4.78. The summed E-state index contributed by atoms with van der Waals surface area (Å²) in [7, 11) is 1.43. The summed E-state index contributed by atoms with van der Waals surface area (Å²) >= 11 is 0. The number of nitrogens with zero attached hydrogens (tertiary/aromatic N) is 1. The molecule has 1 N–H and O–H groups in total. The molecule has 0 atom stereocenters. The lowest BCUT2D eigenvalue weighted by Crippen LogP contribution is -2.57. The maximum absolute atomic E-state index is 11.5. The van der Waals surface area contributed by atoms with Crippen molar-refractivity contribution in [3.63, 3.8) is 0 Å². The summed E-state index contributed by atoms with van der Waals surface area (Å²) in [5.41, 5.74) is 2.41. The molecule has 0 aromatic heterocycles. The molecule has 1 saturated heterocycles. The second kappa shape index (κ2) is 6.37. The van der Waals surface area contributed by atoms with Crippen LogP contribution in [0.3, 0.4) is 0 Å². The van der Waals surface area contributed by atoms with Gasteiger partial charge in [0.15, 0.2) is 0 Å². The second-order valence-corrected chi connectivity index (χ2v) is 5.93. The van der Waals surface area contributed by atoms with Crippen molar-refractivity contribution in [2.24, 2.45) is 0 Å². The molecule has 1 aliphatic rings. The van der Waals surface area contributed by atoms with Crippen molar-refractivity contribution < 1.29 is 9.53 Å². The lowest BCUT2D eigenvalue weighted by molar-refractivity contribution is -0.139. The zero-order valence-electron chi connectivity index (χ0n) is 12.6. The van der Waals surface area contributed by atoms with Crippen molar-refractivity contribution in [2.75, 3.05) is 26.7 Å². The van der Waals surface area contributed by atoms with Gasteiger partial charge in [-0.2, -0.15) is 0 Å². The van der Waals surface area contributed by atoms with Crippen LogP contribution in [0.1, 0.15) is 25.0 Å². The zero-order chi connectivity index (χ0) is 14.6. The molecule has 4 nitrogen and oxygen atoms in total. The molecule has 1 heterocycles. The standard InChI is InChI=1S/C16H24N2O2/c1-16(2)12-17-8-9-18(16)11-14-7-5-4-6-13(14)10-15(19)20-3/h4-7,17H,8-12H2,1-3H3. The molecule has 1 aliphatic heterocycles. The molecule has 4 heteroatoms. The number of ether oxygens (including phenoxy) is 1. The highest BCUT2D eigenvalue weighted by Crippen LogP contribution is 2.21. The number of nitrogens with one attached hydrogen (secondary N) is 1. The van der Waals surface area contributed by atoms with E-state index in [1.54, 1.807) is 0 Å². The van der Waals surface area contributed by atoms with Crippen LogP contribution >= 0.6 is 0 Å². The van der Waals surface area contributed by atoms with E-state index in [2.05, 4.69) is 30.1 Å². The molecule has 0 saturated carbocycles. The van der Waals surface area contributed by atoms with Gasteiger partial charge in [-0.3, -0.25) is 9.69 Å². The highest BCUT2D eigenvalue weighted by atomic mass is 16.5. The molecule has 1 aromatic carbocycles. The van der Waals surface area contributed by atoms with Gasteiger partial charge in [0.05, 0.1) is 13.5 Å². The molecule has 0 amide bonds. The van der Waals surface area contributed by atoms with Crippen LogP contribution in [0.2, 0.25) is 0 Å². The van der Waals surface area contributed by atoms with Crippen LogP contribution in [-0.2, 0) is 22.5 Å². The first-order valence-electron chi connectivity index (χ1n) is 7.12. The van der Waals surface area contributed by atoms with Gasteiger partial charge in [-0.05, 0) is 25.0 Å². The molecule has 2 rings (SSSR count). The number of rotatable bonds is 4. The van der Waals surface area contributed by atoms with Gasteiger partial charge in [-0.1, -0.05) is 24.3 Å². The van der Waals surface area contributed by atoms with E-state index in [0.29, 0.717) is 6.42 Å². The average molecular weight is 276 g/mol. The maximum atomic E-state index is 11.5. The number of hydrogen-bond acceptors (Lipinski definition) is 4. The molecule has 20 heavy (non-hydrogen) atoms. The van der Waals surface area contributed by atoms with Crippen LogP contribution in [0.25, 0.3) is 0 Å². The Balaban J connectivity index is 2.14. The number of carbonyl (C=O) groups is 1. The minimum Gasteiger partial charge on any atom is -0.469 e. The lowest BCUT2D eigenvalue weighted by atomic mass is 9.97. The molecule has 0 bridgehead atoms. The molecular weight excluding hydrogens is 252 g/mol. The fraction of sp³-hybridized carbons (Fsp3) is 0.562. The summed E-state index contributed by atoms with van der Waals surface area (Å²) in [5.74, 6) is -0.183. The summed E-state index contributed by atoms with van der Waals surface area (Å²) in [6.07, 6.45) is 0.346. The van der Waals surface area contributed by atoms with E-state index >= 15 is 0 Å². The van der Waals surface area contributed by atoms with Gasteiger partial charge in [0.2, 0.25) is 0 Å². The van der Waals surface area contributed by atoms with Crippen molar-refractivity contribution in [2.45, 2.75) is 32.4 Å². The van der Waals surface area contributed by atoms with Crippen LogP contribution in [0, 0.1) is 0 Å². The van der Waals surface area contributed by atoms with E-state index in [4.69, 9.17) is 4.74 Å². The Morgan fingerprint density at radius 2 is 2.05 bits per heavy atom. The predicted molar refractivity (Wildman–Crippen MR) is 79.5 cm³/mol. The molecule has 0 radical (unpaired) electrons. The zero-order valence-corrected chi connectivity index (χ0v) is 12.6. The van der Waals surface area contributed by atoms with Crippen molar-refractivity contribution in [3.8, 4) is 0 Å². The highest BCUT2D eigenvalue weighted by molar-refractivity contribution is 5.72. The van der Waals surface area contributed by atoms with Crippen molar-refractivity contribution >= 4 is 5.97 Å².